The topological polar surface area (TPSA) is 84.2 Å². The number of hydrogen-bond acceptors (Lipinski definition) is 3. The van der Waals surface area contributed by atoms with Crippen LogP contribution >= 0.6 is 24.0 Å². The SMILES string of the molecule is CCNC(=O)c1cc(Cl)ccc1NC(=O)C1CC2CCCC(C1)C2N.Cl. The number of fused-ring (bicyclic) bond motifs is 2. The van der Waals surface area contributed by atoms with Crippen LogP contribution in [0.25, 0.3) is 0 Å². The highest BCUT2D eigenvalue weighted by Crippen LogP contribution is 2.42. The first-order valence-corrected chi connectivity index (χ1v) is 9.51. The van der Waals surface area contributed by atoms with Crippen molar-refractivity contribution in [1.29, 1.82) is 0 Å². The second-order valence-corrected chi connectivity index (χ2v) is 7.67. The summed E-state index contributed by atoms with van der Waals surface area (Å²) in [6.45, 7) is 2.37. The standard InChI is InChI=1S/C19H26ClN3O2.ClH/c1-2-22-19(25)15-10-14(20)6-7-16(15)23-18(24)13-8-11-4-3-5-12(9-13)17(11)21;/h6-7,10-13,17H,2-5,8-9,21H2,1H3,(H,22,25)(H,23,24);1H. The predicted molar refractivity (Wildman–Crippen MR) is 107 cm³/mol. The van der Waals surface area contributed by atoms with Crippen LogP contribution < -0.4 is 16.4 Å². The summed E-state index contributed by atoms with van der Waals surface area (Å²) in [6.07, 6.45) is 5.14. The smallest absolute Gasteiger partial charge is 0.253 e. The number of amides is 2. The van der Waals surface area contributed by atoms with Gasteiger partial charge in [0.2, 0.25) is 5.91 Å². The molecule has 4 N–H and O–H groups in total. The first-order chi connectivity index (χ1) is 12.0. The van der Waals surface area contributed by atoms with E-state index in [0.717, 1.165) is 25.7 Å². The second kappa shape index (κ2) is 9.07. The number of rotatable bonds is 4. The van der Waals surface area contributed by atoms with Gasteiger partial charge in [-0.2, -0.15) is 0 Å². The van der Waals surface area contributed by atoms with E-state index >= 15 is 0 Å². The molecule has 0 saturated heterocycles. The Bertz CT molecular complexity index is 654. The van der Waals surface area contributed by atoms with Crippen LogP contribution in [0.5, 0.6) is 0 Å². The minimum atomic E-state index is -0.233. The summed E-state index contributed by atoms with van der Waals surface area (Å²) in [4.78, 5) is 25.0. The van der Waals surface area contributed by atoms with Crippen LogP contribution in [0.1, 0.15) is 49.4 Å². The van der Waals surface area contributed by atoms with Crippen molar-refractivity contribution in [2.45, 2.75) is 45.1 Å². The summed E-state index contributed by atoms with van der Waals surface area (Å²) in [7, 11) is 0. The van der Waals surface area contributed by atoms with E-state index in [4.69, 9.17) is 17.3 Å². The summed E-state index contributed by atoms with van der Waals surface area (Å²) in [5.41, 5.74) is 7.23. The van der Waals surface area contributed by atoms with Crippen molar-refractivity contribution in [3.63, 3.8) is 0 Å². The summed E-state index contributed by atoms with van der Waals surface area (Å²) in [6, 6.07) is 5.21. The largest absolute Gasteiger partial charge is 0.352 e. The Morgan fingerprint density at radius 2 is 1.88 bits per heavy atom. The van der Waals surface area contributed by atoms with Gasteiger partial charge < -0.3 is 16.4 Å². The molecule has 1 aromatic rings. The molecule has 2 saturated carbocycles. The normalized spacial score (nSPS) is 27.2. The van der Waals surface area contributed by atoms with E-state index < -0.39 is 0 Å². The lowest BCUT2D eigenvalue weighted by Crippen LogP contribution is -2.48. The minimum Gasteiger partial charge on any atom is -0.352 e. The maximum Gasteiger partial charge on any atom is 0.253 e. The van der Waals surface area contributed by atoms with Gasteiger partial charge in [-0.25, -0.2) is 0 Å². The zero-order valence-electron chi connectivity index (χ0n) is 15.0. The van der Waals surface area contributed by atoms with E-state index in [9.17, 15) is 9.59 Å². The van der Waals surface area contributed by atoms with Crippen LogP contribution in [0.15, 0.2) is 18.2 Å². The number of hydrogen-bond donors (Lipinski definition) is 3. The van der Waals surface area contributed by atoms with Gasteiger partial charge in [-0.15, -0.1) is 12.4 Å². The van der Waals surface area contributed by atoms with E-state index in [1.807, 2.05) is 6.92 Å². The molecular weight excluding hydrogens is 373 g/mol. The summed E-state index contributed by atoms with van der Waals surface area (Å²) < 4.78 is 0. The van der Waals surface area contributed by atoms with Gasteiger partial charge in [0, 0.05) is 23.5 Å². The Labute approximate surface area is 165 Å². The molecule has 2 bridgehead atoms. The van der Waals surface area contributed by atoms with Crippen molar-refractivity contribution < 1.29 is 9.59 Å². The average molecular weight is 400 g/mol. The third kappa shape index (κ3) is 4.51. The molecule has 5 nitrogen and oxygen atoms in total. The molecule has 2 fully saturated rings. The zero-order chi connectivity index (χ0) is 18.0. The minimum absolute atomic E-state index is 0. The third-order valence-corrected chi connectivity index (χ3v) is 5.84. The highest BCUT2D eigenvalue weighted by Gasteiger charge is 2.40. The van der Waals surface area contributed by atoms with Crippen molar-refractivity contribution >= 4 is 41.5 Å². The maximum absolute atomic E-state index is 12.8. The van der Waals surface area contributed by atoms with Gasteiger partial charge in [0.25, 0.3) is 5.91 Å². The van der Waals surface area contributed by atoms with E-state index in [-0.39, 0.29) is 36.2 Å². The lowest BCUT2D eigenvalue weighted by atomic mass is 9.65. The molecule has 26 heavy (non-hydrogen) atoms. The highest BCUT2D eigenvalue weighted by atomic mass is 35.5. The van der Waals surface area contributed by atoms with E-state index in [2.05, 4.69) is 10.6 Å². The molecule has 7 heteroatoms. The molecule has 0 aromatic heterocycles. The maximum atomic E-state index is 12.8. The predicted octanol–water partition coefficient (Wildman–Crippen LogP) is 3.60. The zero-order valence-corrected chi connectivity index (χ0v) is 16.5. The number of nitrogens with two attached hydrogens (primary N) is 1. The summed E-state index contributed by atoms with van der Waals surface area (Å²) in [5.74, 6) is 0.597. The Morgan fingerprint density at radius 1 is 1.23 bits per heavy atom. The van der Waals surface area contributed by atoms with Crippen LogP contribution in [0, 0.1) is 17.8 Å². The molecule has 0 spiro atoms. The van der Waals surface area contributed by atoms with E-state index in [1.165, 1.54) is 6.42 Å². The lowest BCUT2D eigenvalue weighted by Gasteiger charge is -2.43. The summed E-state index contributed by atoms with van der Waals surface area (Å²) in [5, 5.41) is 6.18. The fourth-order valence-corrected chi connectivity index (χ4v) is 4.48. The quantitative estimate of drug-likeness (QED) is 0.722. The molecule has 2 unspecified atom stereocenters. The van der Waals surface area contributed by atoms with Crippen LogP contribution in [0.4, 0.5) is 5.69 Å². The number of carbonyl (C=O) groups excluding carboxylic acids is 2. The molecule has 0 aliphatic heterocycles. The van der Waals surface area contributed by atoms with Crippen LogP contribution in [-0.2, 0) is 4.79 Å². The molecule has 0 heterocycles. The number of benzene rings is 1. The van der Waals surface area contributed by atoms with E-state index in [0.29, 0.717) is 34.7 Å². The van der Waals surface area contributed by atoms with Gasteiger partial charge >= 0.3 is 0 Å². The van der Waals surface area contributed by atoms with Crippen LogP contribution in [0.3, 0.4) is 0 Å². The van der Waals surface area contributed by atoms with Crippen molar-refractivity contribution in [2.75, 3.05) is 11.9 Å². The van der Waals surface area contributed by atoms with Gasteiger partial charge in [0.15, 0.2) is 0 Å². The molecule has 0 radical (unpaired) electrons. The molecule has 144 valence electrons. The van der Waals surface area contributed by atoms with Crippen LogP contribution in [-0.4, -0.2) is 24.4 Å². The number of nitrogens with one attached hydrogen (secondary N) is 2. The second-order valence-electron chi connectivity index (χ2n) is 7.24. The molecule has 2 atom stereocenters. The number of anilines is 1. The number of carbonyl (C=O) groups is 2. The third-order valence-electron chi connectivity index (χ3n) is 5.61. The first-order valence-electron chi connectivity index (χ1n) is 9.13. The lowest BCUT2D eigenvalue weighted by molar-refractivity contribution is -0.122. The Kier molecular flexibility index (Phi) is 7.33. The Balaban J connectivity index is 0.00000243. The van der Waals surface area contributed by atoms with E-state index in [1.54, 1.807) is 18.2 Å². The van der Waals surface area contributed by atoms with Gasteiger partial charge in [0.05, 0.1) is 11.3 Å². The van der Waals surface area contributed by atoms with Crippen LogP contribution in [0.2, 0.25) is 5.02 Å². The first kappa shape index (κ1) is 21.0. The highest BCUT2D eigenvalue weighted by molar-refractivity contribution is 6.31. The van der Waals surface area contributed by atoms with Crippen molar-refractivity contribution in [3.05, 3.63) is 28.8 Å². The molecular formula is C19H27Cl2N3O2. The van der Waals surface area contributed by atoms with Gasteiger partial charge in [0.1, 0.15) is 0 Å². The van der Waals surface area contributed by atoms with Crippen molar-refractivity contribution in [3.8, 4) is 0 Å². The van der Waals surface area contributed by atoms with Crippen molar-refractivity contribution in [2.24, 2.45) is 23.5 Å². The molecule has 2 aliphatic rings. The Morgan fingerprint density at radius 3 is 2.50 bits per heavy atom. The van der Waals surface area contributed by atoms with Crippen molar-refractivity contribution in [1.82, 2.24) is 5.32 Å². The molecule has 1 aromatic carbocycles. The Hall–Kier alpha value is -1.30. The van der Waals surface area contributed by atoms with Gasteiger partial charge in [-0.1, -0.05) is 18.0 Å². The fourth-order valence-electron chi connectivity index (χ4n) is 4.31. The molecule has 2 aliphatic carbocycles. The van der Waals surface area contributed by atoms with Gasteiger partial charge in [-0.05, 0) is 62.6 Å². The van der Waals surface area contributed by atoms with Gasteiger partial charge in [-0.3, -0.25) is 9.59 Å². The monoisotopic (exact) mass is 399 g/mol. The average Bonchev–Trinajstić information content (AvgIpc) is 2.56. The molecule has 3 rings (SSSR count). The molecule has 2 amide bonds. The number of halogens is 2. The summed E-state index contributed by atoms with van der Waals surface area (Å²) >= 11 is 6.02. The fraction of sp³-hybridized carbons (Fsp3) is 0.579.